The maximum atomic E-state index is 12.4. The molecule has 1 aromatic heterocycles. The normalized spacial score (nSPS) is 10.4. The molecule has 0 unspecified atom stereocenters. The van der Waals surface area contributed by atoms with E-state index in [1.165, 1.54) is 18.4 Å². The summed E-state index contributed by atoms with van der Waals surface area (Å²) >= 11 is 7.25. The lowest BCUT2D eigenvalue weighted by molar-refractivity contribution is -0.116. The molecule has 3 aromatic rings. The summed E-state index contributed by atoms with van der Waals surface area (Å²) in [5.74, 6) is -0.631. The lowest BCUT2D eigenvalue weighted by Crippen LogP contribution is -2.14. The fourth-order valence-electron chi connectivity index (χ4n) is 2.69. The molecule has 0 aliphatic rings. The standard InChI is InChI=1S/C21H18ClNO3S/c1-26-21(25)19-17(15-8-10-16(22)11-9-15)13-27-20(19)23-18(24)12-7-14-5-3-2-4-6-14/h2-6,8-11,13H,7,12H2,1H3,(H,23,24). The lowest BCUT2D eigenvalue weighted by atomic mass is 10.0. The Labute approximate surface area is 166 Å². The smallest absolute Gasteiger partial charge is 0.341 e. The van der Waals surface area contributed by atoms with Crippen LogP contribution in [0.1, 0.15) is 22.3 Å². The quantitative estimate of drug-likeness (QED) is 0.562. The molecule has 27 heavy (non-hydrogen) atoms. The molecule has 0 aliphatic carbocycles. The third kappa shape index (κ3) is 4.76. The number of methoxy groups -OCH3 is 1. The van der Waals surface area contributed by atoms with E-state index in [4.69, 9.17) is 16.3 Å². The monoisotopic (exact) mass is 399 g/mol. The number of anilines is 1. The lowest BCUT2D eigenvalue weighted by Gasteiger charge is -2.08. The van der Waals surface area contributed by atoms with Gasteiger partial charge in [-0.3, -0.25) is 4.79 Å². The van der Waals surface area contributed by atoms with Crippen molar-refractivity contribution in [1.82, 2.24) is 0 Å². The second-order valence-corrected chi connectivity index (χ2v) is 7.20. The number of nitrogens with one attached hydrogen (secondary N) is 1. The Bertz CT molecular complexity index is 936. The van der Waals surface area contributed by atoms with Crippen LogP contribution in [0.5, 0.6) is 0 Å². The van der Waals surface area contributed by atoms with Crippen molar-refractivity contribution in [2.75, 3.05) is 12.4 Å². The topological polar surface area (TPSA) is 55.4 Å². The maximum absolute atomic E-state index is 12.4. The zero-order valence-corrected chi connectivity index (χ0v) is 16.3. The summed E-state index contributed by atoms with van der Waals surface area (Å²) in [6, 6.07) is 17.0. The molecule has 0 saturated carbocycles. The zero-order valence-electron chi connectivity index (χ0n) is 14.7. The Morgan fingerprint density at radius 3 is 2.44 bits per heavy atom. The first kappa shape index (κ1) is 19.1. The minimum absolute atomic E-state index is 0.145. The molecule has 4 nitrogen and oxygen atoms in total. The van der Waals surface area contributed by atoms with E-state index in [1.807, 2.05) is 47.8 Å². The SMILES string of the molecule is COC(=O)c1c(-c2ccc(Cl)cc2)csc1NC(=O)CCc1ccccc1. The molecule has 1 N–H and O–H groups in total. The van der Waals surface area contributed by atoms with Crippen molar-refractivity contribution < 1.29 is 14.3 Å². The number of halogens is 1. The average molecular weight is 400 g/mol. The third-order valence-electron chi connectivity index (χ3n) is 4.07. The van der Waals surface area contributed by atoms with E-state index < -0.39 is 5.97 Å². The van der Waals surface area contributed by atoms with Crippen molar-refractivity contribution in [2.24, 2.45) is 0 Å². The van der Waals surface area contributed by atoms with Crippen molar-refractivity contribution in [3.05, 3.63) is 76.1 Å². The molecular formula is C21H18ClNO3S. The Balaban J connectivity index is 1.79. The highest BCUT2D eigenvalue weighted by molar-refractivity contribution is 7.15. The summed E-state index contributed by atoms with van der Waals surface area (Å²) in [6.45, 7) is 0. The van der Waals surface area contributed by atoms with Gasteiger partial charge in [-0.25, -0.2) is 4.79 Å². The number of carbonyl (C=O) groups is 2. The Morgan fingerprint density at radius 2 is 1.78 bits per heavy atom. The van der Waals surface area contributed by atoms with Gasteiger partial charge in [0.1, 0.15) is 10.6 Å². The molecule has 138 valence electrons. The summed E-state index contributed by atoms with van der Waals surface area (Å²) in [5.41, 5.74) is 2.99. The first-order valence-corrected chi connectivity index (χ1v) is 9.63. The molecule has 3 rings (SSSR count). The van der Waals surface area contributed by atoms with Gasteiger partial charge in [-0.05, 0) is 29.7 Å². The minimum Gasteiger partial charge on any atom is -0.465 e. The molecule has 1 heterocycles. The van der Waals surface area contributed by atoms with Gasteiger partial charge in [-0.2, -0.15) is 0 Å². The number of hydrogen-bond acceptors (Lipinski definition) is 4. The van der Waals surface area contributed by atoms with E-state index in [1.54, 1.807) is 12.1 Å². The van der Waals surface area contributed by atoms with Crippen LogP contribution in [0.25, 0.3) is 11.1 Å². The van der Waals surface area contributed by atoms with Gasteiger partial charge in [0.05, 0.1) is 7.11 Å². The maximum Gasteiger partial charge on any atom is 0.341 e. The molecule has 6 heteroatoms. The molecule has 2 aromatic carbocycles. The molecule has 0 bridgehead atoms. The van der Waals surface area contributed by atoms with Gasteiger partial charge in [0.15, 0.2) is 0 Å². The van der Waals surface area contributed by atoms with Crippen LogP contribution in [-0.2, 0) is 16.0 Å². The number of carbonyl (C=O) groups excluding carboxylic acids is 2. The minimum atomic E-state index is -0.487. The van der Waals surface area contributed by atoms with Gasteiger partial charge >= 0.3 is 5.97 Å². The molecule has 0 saturated heterocycles. The first-order chi connectivity index (χ1) is 13.1. The van der Waals surface area contributed by atoms with E-state index in [0.29, 0.717) is 34.0 Å². The van der Waals surface area contributed by atoms with Crippen molar-refractivity contribution in [1.29, 1.82) is 0 Å². The van der Waals surface area contributed by atoms with Crippen LogP contribution < -0.4 is 5.32 Å². The van der Waals surface area contributed by atoms with Crippen LogP contribution in [-0.4, -0.2) is 19.0 Å². The van der Waals surface area contributed by atoms with E-state index in [2.05, 4.69) is 5.32 Å². The predicted octanol–water partition coefficient (Wildman–Crippen LogP) is 5.43. The van der Waals surface area contributed by atoms with E-state index in [0.717, 1.165) is 11.1 Å². The Hall–Kier alpha value is -2.63. The number of aryl methyl sites for hydroxylation is 1. The van der Waals surface area contributed by atoms with Gasteiger partial charge in [-0.15, -0.1) is 11.3 Å². The van der Waals surface area contributed by atoms with Crippen molar-refractivity contribution in [3.8, 4) is 11.1 Å². The highest BCUT2D eigenvalue weighted by Crippen LogP contribution is 2.36. The van der Waals surface area contributed by atoms with Crippen LogP contribution in [0.4, 0.5) is 5.00 Å². The van der Waals surface area contributed by atoms with Crippen molar-refractivity contribution in [3.63, 3.8) is 0 Å². The number of amides is 1. The third-order valence-corrected chi connectivity index (χ3v) is 5.22. The molecular weight excluding hydrogens is 382 g/mol. The summed E-state index contributed by atoms with van der Waals surface area (Å²) in [7, 11) is 1.33. The van der Waals surface area contributed by atoms with Gasteiger partial charge in [0.25, 0.3) is 0 Å². The molecule has 1 amide bonds. The first-order valence-electron chi connectivity index (χ1n) is 8.38. The fourth-order valence-corrected chi connectivity index (χ4v) is 3.79. The van der Waals surface area contributed by atoms with Crippen LogP contribution in [0.15, 0.2) is 60.0 Å². The number of hydrogen-bond donors (Lipinski definition) is 1. The molecule has 0 radical (unpaired) electrons. The zero-order chi connectivity index (χ0) is 19.2. The van der Waals surface area contributed by atoms with E-state index >= 15 is 0 Å². The highest BCUT2D eigenvalue weighted by atomic mass is 35.5. The van der Waals surface area contributed by atoms with Gasteiger partial charge in [0, 0.05) is 22.4 Å². The second-order valence-electron chi connectivity index (χ2n) is 5.89. The summed E-state index contributed by atoms with van der Waals surface area (Å²) in [4.78, 5) is 24.7. The fraction of sp³-hybridized carbons (Fsp3) is 0.143. The number of ether oxygens (including phenoxy) is 1. The molecule has 0 spiro atoms. The summed E-state index contributed by atoms with van der Waals surface area (Å²) in [6.07, 6.45) is 0.967. The molecule has 0 aliphatic heterocycles. The molecule has 0 fully saturated rings. The average Bonchev–Trinajstić information content (AvgIpc) is 3.10. The number of rotatable bonds is 6. The second kappa shape index (κ2) is 8.84. The number of esters is 1. The summed E-state index contributed by atoms with van der Waals surface area (Å²) in [5, 5.41) is 5.79. The van der Waals surface area contributed by atoms with Crippen LogP contribution in [0.3, 0.4) is 0 Å². The van der Waals surface area contributed by atoms with Crippen LogP contribution in [0, 0.1) is 0 Å². The Morgan fingerprint density at radius 1 is 1.07 bits per heavy atom. The molecule has 0 atom stereocenters. The largest absolute Gasteiger partial charge is 0.465 e. The number of thiophene rings is 1. The number of benzene rings is 2. The highest BCUT2D eigenvalue weighted by Gasteiger charge is 2.22. The van der Waals surface area contributed by atoms with Crippen molar-refractivity contribution in [2.45, 2.75) is 12.8 Å². The van der Waals surface area contributed by atoms with Crippen LogP contribution in [0.2, 0.25) is 5.02 Å². The van der Waals surface area contributed by atoms with E-state index in [9.17, 15) is 9.59 Å². The predicted molar refractivity (Wildman–Crippen MR) is 109 cm³/mol. The van der Waals surface area contributed by atoms with Crippen LogP contribution >= 0.6 is 22.9 Å². The van der Waals surface area contributed by atoms with Gasteiger partial charge in [-0.1, -0.05) is 54.1 Å². The van der Waals surface area contributed by atoms with Gasteiger partial charge < -0.3 is 10.1 Å². The Kier molecular flexibility index (Phi) is 6.27. The van der Waals surface area contributed by atoms with E-state index in [-0.39, 0.29) is 5.91 Å². The van der Waals surface area contributed by atoms with Crippen molar-refractivity contribution >= 4 is 39.8 Å². The van der Waals surface area contributed by atoms with Gasteiger partial charge in [0.2, 0.25) is 5.91 Å². The summed E-state index contributed by atoms with van der Waals surface area (Å²) < 4.78 is 4.92.